The van der Waals surface area contributed by atoms with Crippen molar-refractivity contribution in [3.8, 4) is 0 Å². The second kappa shape index (κ2) is 7.76. The van der Waals surface area contributed by atoms with Crippen LogP contribution in [0.4, 0.5) is 0 Å². The third kappa shape index (κ3) is 3.87. The van der Waals surface area contributed by atoms with Gasteiger partial charge in [-0.1, -0.05) is 0 Å². The van der Waals surface area contributed by atoms with E-state index in [1.54, 1.807) is 7.11 Å². The van der Waals surface area contributed by atoms with Crippen molar-refractivity contribution in [3.63, 3.8) is 0 Å². The predicted octanol–water partition coefficient (Wildman–Crippen LogP) is -0.0342. The molecule has 7 heteroatoms. The van der Waals surface area contributed by atoms with Crippen LogP contribution in [0.1, 0.15) is 6.92 Å². The van der Waals surface area contributed by atoms with Gasteiger partial charge in [0.2, 0.25) is 0 Å². The van der Waals surface area contributed by atoms with Crippen LogP contribution in [0.15, 0.2) is 0 Å². The summed E-state index contributed by atoms with van der Waals surface area (Å²) in [7, 11) is 6.10. The highest BCUT2D eigenvalue weighted by Gasteiger charge is 2.48. The molecule has 7 nitrogen and oxygen atoms in total. The Labute approximate surface area is 113 Å². The predicted molar refractivity (Wildman–Crippen MR) is 64.7 cm³/mol. The lowest BCUT2D eigenvalue weighted by Gasteiger charge is -2.43. The van der Waals surface area contributed by atoms with E-state index in [1.165, 1.54) is 28.3 Å². The van der Waals surface area contributed by atoms with Crippen molar-refractivity contribution >= 4 is 5.97 Å². The summed E-state index contributed by atoms with van der Waals surface area (Å²) in [5, 5.41) is 0. The normalized spacial score (nSPS) is 35.1. The highest BCUT2D eigenvalue weighted by Crippen LogP contribution is 2.28. The molecule has 0 spiro atoms. The first-order valence-electron chi connectivity index (χ1n) is 5.99. The van der Waals surface area contributed by atoms with Crippen molar-refractivity contribution < 1.29 is 33.2 Å². The number of carbonyl (C=O) groups excluding carboxylic acids is 1. The number of hydrogen-bond donors (Lipinski definition) is 0. The molecule has 19 heavy (non-hydrogen) atoms. The molecule has 0 radical (unpaired) electrons. The number of methoxy groups -OCH3 is 4. The van der Waals surface area contributed by atoms with Gasteiger partial charge in [-0.05, 0) is 0 Å². The number of ether oxygens (including phenoxy) is 6. The average Bonchev–Trinajstić information content (AvgIpc) is 2.39. The first-order chi connectivity index (χ1) is 9.08. The van der Waals surface area contributed by atoms with E-state index in [-0.39, 0.29) is 6.61 Å². The van der Waals surface area contributed by atoms with Crippen LogP contribution in [-0.2, 0) is 33.2 Å². The van der Waals surface area contributed by atoms with E-state index in [1.807, 2.05) is 0 Å². The molecule has 1 aliphatic heterocycles. The van der Waals surface area contributed by atoms with E-state index < -0.39 is 36.7 Å². The molecule has 0 aromatic heterocycles. The summed E-state index contributed by atoms with van der Waals surface area (Å²) >= 11 is 0. The second-order valence-electron chi connectivity index (χ2n) is 4.21. The average molecular weight is 278 g/mol. The monoisotopic (exact) mass is 278 g/mol. The molecule has 1 aliphatic rings. The Hall–Kier alpha value is -0.730. The SMILES string of the molecule is COC[C@H]1O[C@H](OC)[C@H](OC)[C@@H](OC)[C@@H]1OC(C)=O. The maximum Gasteiger partial charge on any atom is 0.303 e. The molecule has 1 fully saturated rings. The standard InChI is InChI=1S/C12H22O7/c1-7(13)18-9-8(6-14-2)19-12(17-5)11(16-4)10(9)15-3/h8-12H,6H2,1-5H3/t8-,9-,10+,11-,12+/m1/s1. The molecule has 0 aliphatic carbocycles. The molecule has 0 amide bonds. The van der Waals surface area contributed by atoms with Gasteiger partial charge in [0.1, 0.15) is 18.3 Å². The Balaban J connectivity index is 2.94. The Morgan fingerprint density at radius 2 is 1.63 bits per heavy atom. The molecule has 0 aromatic carbocycles. The Morgan fingerprint density at radius 3 is 2.05 bits per heavy atom. The maximum absolute atomic E-state index is 11.2. The second-order valence-corrected chi connectivity index (χ2v) is 4.21. The van der Waals surface area contributed by atoms with E-state index in [2.05, 4.69) is 0 Å². The summed E-state index contributed by atoms with van der Waals surface area (Å²) in [5.74, 6) is -0.414. The van der Waals surface area contributed by atoms with Gasteiger partial charge in [0.05, 0.1) is 6.61 Å². The summed E-state index contributed by atoms with van der Waals surface area (Å²) in [6.45, 7) is 1.59. The van der Waals surface area contributed by atoms with Crippen LogP contribution in [0.25, 0.3) is 0 Å². The first kappa shape index (κ1) is 16.3. The van der Waals surface area contributed by atoms with Crippen LogP contribution in [0.5, 0.6) is 0 Å². The van der Waals surface area contributed by atoms with Crippen molar-refractivity contribution in [2.24, 2.45) is 0 Å². The molecule has 112 valence electrons. The number of esters is 1. The van der Waals surface area contributed by atoms with Crippen LogP contribution in [0.2, 0.25) is 0 Å². The van der Waals surface area contributed by atoms with Gasteiger partial charge in [-0.15, -0.1) is 0 Å². The molecule has 0 N–H and O–H groups in total. The molecule has 0 unspecified atom stereocenters. The third-order valence-electron chi connectivity index (χ3n) is 3.00. The van der Waals surface area contributed by atoms with Gasteiger partial charge < -0.3 is 28.4 Å². The minimum Gasteiger partial charge on any atom is -0.457 e. The molecule has 1 heterocycles. The van der Waals surface area contributed by atoms with Crippen molar-refractivity contribution in [1.82, 2.24) is 0 Å². The summed E-state index contributed by atoms with van der Waals surface area (Å²) in [6, 6.07) is 0. The van der Waals surface area contributed by atoms with E-state index in [0.29, 0.717) is 0 Å². The first-order valence-corrected chi connectivity index (χ1v) is 5.99. The lowest BCUT2D eigenvalue weighted by molar-refractivity contribution is -0.305. The smallest absolute Gasteiger partial charge is 0.303 e. The van der Waals surface area contributed by atoms with Gasteiger partial charge in [0, 0.05) is 35.4 Å². The lowest BCUT2D eigenvalue weighted by Crippen LogP contribution is -2.61. The molecule has 0 saturated carbocycles. The highest BCUT2D eigenvalue weighted by atomic mass is 16.7. The van der Waals surface area contributed by atoms with Gasteiger partial charge in [-0.2, -0.15) is 0 Å². The third-order valence-corrected chi connectivity index (χ3v) is 3.00. The fraction of sp³-hybridized carbons (Fsp3) is 0.917. The topological polar surface area (TPSA) is 72.5 Å². The number of hydrogen-bond acceptors (Lipinski definition) is 7. The Morgan fingerprint density at radius 1 is 1.00 bits per heavy atom. The summed E-state index contributed by atoms with van der Waals surface area (Å²) in [4.78, 5) is 11.2. The molecule has 1 saturated heterocycles. The molecular formula is C12H22O7. The van der Waals surface area contributed by atoms with Crippen LogP contribution in [0.3, 0.4) is 0 Å². The van der Waals surface area contributed by atoms with E-state index in [0.717, 1.165) is 0 Å². The fourth-order valence-corrected chi connectivity index (χ4v) is 2.22. The van der Waals surface area contributed by atoms with Crippen LogP contribution in [-0.4, -0.2) is 71.7 Å². The van der Waals surface area contributed by atoms with Crippen LogP contribution in [0, 0.1) is 0 Å². The van der Waals surface area contributed by atoms with Crippen molar-refractivity contribution in [2.45, 2.75) is 37.6 Å². The van der Waals surface area contributed by atoms with Crippen LogP contribution < -0.4 is 0 Å². The summed E-state index contributed by atoms with van der Waals surface area (Å²) in [6.07, 6.45) is -2.68. The minimum absolute atomic E-state index is 0.258. The summed E-state index contributed by atoms with van der Waals surface area (Å²) in [5.41, 5.74) is 0. The lowest BCUT2D eigenvalue weighted by atomic mass is 9.98. The quantitative estimate of drug-likeness (QED) is 0.631. The van der Waals surface area contributed by atoms with Crippen molar-refractivity contribution in [2.75, 3.05) is 35.0 Å². The molecule has 1 rings (SSSR count). The Bertz CT molecular complexity index is 283. The van der Waals surface area contributed by atoms with Gasteiger partial charge in [0.15, 0.2) is 12.4 Å². The van der Waals surface area contributed by atoms with Gasteiger partial charge in [-0.25, -0.2) is 0 Å². The number of rotatable bonds is 6. The largest absolute Gasteiger partial charge is 0.457 e. The zero-order valence-electron chi connectivity index (χ0n) is 12.0. The van der Waals surface area contributed by atoms with E-state index in [9.17, 15) is 4.79 Å². The number of carbonyl (C=O) groups is 1. The fourth-order valence-electron chi connectivity index (χ4n) is 2.22. The molecule has 5 atom stereocenters. The van der Waals surface area contributed by atoms with Gasteiger partial charge in [-0.3, -0.25) is 4.79 Å². The molecule has 0 bridgehead atoms. The maximum atomic E-state index is 11.2. The molecule has 0 aromatic rings. The van der Waals surface area contributed by atoms with Crippen molar-refractivity contribution in [1.29, 1.82) is 0 Å². The van der Waals surface area contributed by atoms with E-state index in [4.69, 9.17) is 28.4 Å². The van der Waals surface area contributed by atoms with Gasteiger partial charge in [0.25, 0.3) is 0 Å². The minimum atomic E-state index is -0.612. The van der Waals surface area contributed by atoms with Crippen LogP contribution >= 0.6 is 0 Å². The van der Waals surface area contributed by atoms with Gasteiger partial charge >= 0.3 is 5.97 Å². The zero-order chi connectivity index (χ0) is 14.4. The van der Waals surface area contributed by atoms with Crippen molar-refractivity contribution in [3.05, 3.63) is 0 Å². The Kier molecular flexibility index (Phi) is 6.67. The molecular weight excluding hydrogens is 256 g/mol. The van der Waals surface area contributed by atoms with E-state index >= 15 is 0 Å². The summed E-state index contributed by atoms with van der Waals surface area (Å²) < 4.78 is 32.0. The highest BCUT2D eigenvalue weighted by molar-refractivity contribution is 5.66. The zero-order valence-corrected chi connectivity index (χ0v) is 12.0.